The predicted octanol–water partition coefficient (Wildman–Crippen LogP) is 4.76. The Morgan fingerprint density at radius 3 is 2.34 bits per heavy atom. The third-order valence-corrected chi connectivity index (χ3v) is 8.46. The lowest BCUT2D eigenvalue weighted by Gasteiger charge is -2.45. The summed E-state index contributed by atoms with van der Waals surface area (Å²) in [5, 5.41) is 7.26. The van der Waals surface area contributed by atoms with Crippen molar-refractivity contribution in [2.45, 2.75) is 49.6 Å². The van der Waals surface area contributed by atoms with Gasteiger partial charge in [0, 0.05) is 34.1 Å². The van der Waals surface area contributed by atoms with E-state index in [0.29, 0.717) is 39.9 Å². The molecule has 2 N–H and O–H groups in total. The van der Waals surface area contributed by atoms with Crippen molar-refractivity contribution in [3.63, 3.8) is 0 Å². The molecule has 1 saturated carbocycles. The van der Waals surface area contributed by atoms with E-state index < -0.39 is 17.3 Å². The number of carbonyl (C=O) groups excluding carboxylic acids is 2. The van der Waals surface area contributed by atoms with Gasteiger partial charge in [0.2, 0.25) is 11.8 Å². The fourth-order valence-electron chi connectivity index (χ4n) is 5.45. The van der Waals surface area contributed by atoms with Gasteiger partial charge in [0.05, 0.1) is 5.41 Å². The maximum Gasteiger partial charge on any atom is 0.243 e. The summed E-state index contributed by atoms with van der Waals surface area (Å²) in [6.07, 6.45) is 3.34. The van der Waals surface area contributed by atoms with Gasteiger partial charge < -0.3 is 15.5 Å². The number of hydrogen-bond donors (Lipinski definition) is 2. The molecule has 3 aliphatic heterocycles. The maximum atomic E-state index is 14.6. The van der Waals surface area contributed by atoms with Crippen LogP contribution in [0.15, 0.2) is 36.4 Å². The Morgan fingerprint density at radius 2 is 1.74 bits per heavy atom. The molecule has 0 radical (unpaired) electrons. The Balaban J connectivity index is 1.37. The fourth-order valence-corrected chi connectivity index (χ4v) is 6.19. The molecule has 3 heterocycles. The molecule has 2 aromatic rings. The van der Waals surface area contributed by atoms with Gasteiger partial charge >= 0.3 is 0 Å². The second-order valence-corrected chi connectivity index (χ2v) is 11.2. The summed E-state index contributed by atoms with van der Waals surface area (Å²) in [4.78, 5) is 29.3. The zero-order valence-corrected chi connectivity index (χ0v) is 21.4. The van der Waals surface area contributed by atoms with Gasteiger partial charge in [-0.1, -0.05) is 46.9 Å². The number of nitrogens with zero attached hydrogens (tertiary/aromatic N) is 1. The molecule has 2 atom stereocenters. The van der Waals surface area contributed by atoms with Gasteiger partial charge in [0.1, 0.15) is 11.9 Å². The molecule has 1 aliphatic carbocycles. The number of carbonyl (C=O) groups is 2. The van der Waals surface area contributed by atoms with Crippen LogP contribution in [-0.2, 0) is 21.4 Å². The van der Waals surface area contributed by atoms with E-state index in [0.717, 1.165) is 32.5 Å². The highest BCUT2D eigenvalue weighted by Gasteiger charge is 2.53. The zero-order valence-electron chi connectivity index (χ0n) is 19.1. The van der Waals surface area contributed by atoms with Gasteiger partial charge in [0.25, 0.3) is 0 Å². The van der Waals surface area contributed by atoms with Crippen LogP contribution in [0.4, 0.5) is 4.39 Å². The van der Waals surface area contributed by atoms with Crippen LogP contribution in [0.25, 0.3) is 0 Å². The molecular formula is C26H27Cl3FN3O2. The molecule has 9 heteroatoms. The molecule has 0 spiro atoms. The molecule has 2 bridgehead atoms. The third kappa shape index (κ3) is 5.17. The summed E-state index contributed by atoms with van der Waals surface area (Å²) >= 11 is 18.4. The van der Waals surface area contributed by atoms with Crippen molar-refractivity contribution in [1.82, 2.24) is 15.5 Å². The van der Waals surface area contributed by atoms with E-state index in [1.807, 2.05) is 0 Å². The van der Waals surface area contributed by atoms with E-state index in [1.54, 1.807) is 30.3 Å². The van der Waals surface area contributed by atoms with E-state index in [9.17, 15) is 14.0 Å². The fraction of sp³-hybridized carbons (Fsp3) is 0.462. The van der Waals surface area contributed by atoms with Crippen LogP contribution in [0, 0.1) is 11.7 Å². The highest BCUT2D eigenvalue weighted by Crippen LogP contribution is 2.51. The number of nitrogens with one attached hydrogen (secondary N) is 2. The summed E-state index contributed by atoms with van der Waals surface area (Å²) in [5.41, 5.74) is 0.197. The topological polar surface area (TPSA) is 61.4 Å². The second kappa shape index (κ2) is 9.89. The minimum Gasteiger partial charge on any atom is -0.350 e. The third-order valence-electron chi connectivity index (χ3n) is 7.68. The van der Waals surface area contributed by atoms with Crippen molar-refractivity contribution < 1.29 is 14.0 Å². The molecule has 2 amide bonds. The van der Waals surface area contributed by atoms with E-state index >= 15 is 0 Å². The minimum absolute atomic E-state index is 0.0199. The normalized spacial score (nSPS) is 25.1. The van der Waals surface area contributed by atoms with Gasteiger partial charge in [-0.25, -0.2) is 4.39 Å². The van der Waals surface area contributed by atoms with Gasteiger partial charge in [-0.3, -0.25) is 9.59 Å². The van der Waals surface area contributed by atoms with Gasteiger partial charge in [-0.05, 0) is 80.1 Å². The highest BCUT2D eigenvalue weighted by atomic mass is 35.5. The van der Waals surface area contributed by atoms with E-state index in [4.69, 9.17) is 34.8 Å². The SMILES string of the molecule is O=C(N[C@@H]1CN2CCC1CC2)C(Cc1ccc(Cl)cc1F)NC(=O)C1(c2ccc(Cl)cc2Cl)CC1. The predicted molar refractivity (Wildman–Crippen MR) is 136 cm³/mol. The number of rotatable bonds is 7. The number of fused-ring (bicyclic) bond motifs is 3. The molecule has 2 aromatic carbocycles. The number of hydrogen-bond acceptors (Lipinski definition) is 3. The Bertz CT molecular complexity index is 1150. The Labute approximate surface area is 219 Å². The molecule has 4 aliphatic rings. The summed E-state index contributed by atoms with van der Waals surface area (Å²) in [7, 11) is 0. The van der Waals surface area contributed by atoms with Crippen LogP contribution < -0.4 is 10.6 Å². The first-order chi connectivity index (χ1) is 16.7. The first-order valence-corrected chi connectivity index (χ1v) is 13.1. The molecule has 186 valence electrons. The van der Waals surface area contributed by atoms with Crippen LogP contribution in [0.5, 0.6) is 0 Å². The quantitative estimate of drug-likeness (QED) is 0.535. The molecule has 3 saturated heterocycles. The standard InChI is InChI=1S/C26H27Cl3FN3O2/c27-17-3-4-19(20(29)12-17)26(7-8-26)25(35)32-22(11-16-1-2-18(28)13-21(16)30)24(34)31-23-14-33-9-5-15(23)6-10-33/h1-4,12-13,15,22-23H,5-11,14H2,(H,31,34)(H,32,35)/t22?,23-/m1/s1. The van der Waals surface area contributed by atoms with Crippen molar-refractivity contribution in [2.24, 2.45) is 5.92 Å². The average molecular weight is 539 g/mol. The maximum absolute atomic E-state index is 14.6. The van der Waals surface area contributed by atoms with Crippen LogP contribution >= 0.6 is 34.8 Å². The largest absolute Gasteiger partial charge is 0.350 e. The smallest absolute Gasteiger partial charge is 0.243 e. The van der Waals surface area contributed by atoms with Crippen LogP contribution in [-0.4, -0.2) is 48.4 Å². The molecule has 4 fully saturated rings. The summed E-state index contributed by atoms with van der Waals surface area (Å²) in [6.45, 7) is 2.91. The lowest BCUT2D eigenvalue weighted by molar-refractivity contribution is -0.131. The summed E-state index contributed by atoms with van der Waals surface area (Å²) in [6, 6.07) is 8.54. The summed E-state index contributed by atoms with van der Waals surface area (Å²) in [5.74, 6) is -0.668. The van der Waals surface area contributed by atoms with E-state index in [-0.39, 0.29) is 29.3 Å². The Hall–Kier alpha value is -1.86. The lowest BCUT2D eigenvalue weighted by Crippen LogP contribution is -2.60. The molecular weight excluding hydrogens is 512 g/mol. The van der Waals surface area contributed by atoms with Gasteiger partial charge in [-0.2, -0.15) is 0 Å². The van der Waals surface area contributed by atoms with Gasteiger partial charge in [0.15, 0.2) is 0 Å². The van der Waals surface area contributed by atoms with Crippen molar-refractivity contribution in [3.8, 4) is 0 Å². The first-order valence-electron chi connectivity index (χ1n) is 12.0. The molecule has 0 aromatic heterocycles. The van der Waals surface area contributed by atoms with E-state index in [2.05, 4.69) is 15.5 Å². The first kappa shape index (κ1) is 24.8. The number of benzene rings is 2. The van der Waals surface area contributed by atoms with Crippen LogP contribution in [0.3, 0.4) is 0 Å². The number of piperidine rings is 3. The van der Waals surface area contributed by atoms with Crippen LogP contribution in [0.2, 0.25) is 15.1 Å². The highest BCUT2D eigenvalue weighted by molar-refractivity contribution is 6.35. The van der Waals surface area contributed by atoms with Gasteiger partial charge in [-0.15, -0.1) is 0 Å². The number of amides is 2. The minimum atomic E-state index is -0.933. The Kier molecular flexibility index (Phi) is 7.01. The second-order valence-electron chi connectivity index (χ2n) is 9.93. The summed E-state index contributed by atoms with van der Waals surface area (Å²) < 4.78 is 14.6. The monoisotopic (exact) mass is 537 g/mol. The van der Waals surface area contributed by atoms with Crippen molar-refractivity contribution >= 4 is 46.6 Å². The van der Waals surface area contributed by atoms with Crippen molar-refractivity contribution in [1.29, 1.82) is 0 Å². The molecule has 35 heavy (non-hydrogen) atoms. The average Bonchev–Trinajstić information content (AvgIpc) is 3.63. The van der Waals surface area contributed by atoms with Crippen molar-refractivity contribution in [2.75, 3.05) is 19.6 Å². The van der Waals surface area contributed by atoms with Crippen molar-refractivity contribution in [3.05, 3.63) is 68.4 Å². The zero-order chi connectivity index (χ0) is 24.7. The molecule has 6 rings (SSSR count). The lowest BCUT2D eigenvalue weighted by atomic mass is 9.84. The molecule has 1 unspecified atom stereocenters. The molecule has 5 nitrogen and oxygen atoms in total. The van der Waals surface area contributed by atoms with Crippen LogP contribution in [0.1, 0.15) is 36.8 Å². The Morgan fingerprint density at radius 1 is 1.06 bits per heavy atom. The van der Waals surface area contributed by atoms with E-state index in [1.165, 1.54) is 6.07 Å². The number of halogens is 4.